The molecule has 5 heteroatoms. The number of aliphatic hydroxyl groups is 2. The first kappa shape index (κ1) is 17.8. The maximum absolute atomic E-state index is 13.1. The number of carbonyl (C=O) groups excluding carboxylic acids is 3. The minimum Gasteiger partial charge on any atom is -0.385 e. The molecule has 0 radical (unpaired) electrons. The first-order chi connectivity index (χ1) is 12.1. The Morgan fingerprint density at radius 1 is 1.15 bits per heavy atom. The van der Waals surface area contributed by atoms with E-state index in [0.717, 1.165) is 0 Å². The van der Waals surface area contributed by atoms with Crippen molar-refractivity contribution in [1.82, 2.24) is 0 Å². The highest BCUT2D eigenvalue weighted by Gasteiger charge is 2.68. The number of allylic oxidation sites excluding steroid dienone is 2. The van der Waals surface area contributed by atoms with Gasteiger partial charge < -0.3 is 10.2 Å². The van der Waals surface area contributed by atoms with E-state index in [4.69, 9.17) is 0 Å². The summed E-state index contributed by atoms with van der Waals surface area (Å²) in [6, 6.07) is 0. The first-order valence-electron chi connectivity index (χ1n) is 9.48. The van der Waals surface area contributed by atoms with E-state index in [9.17, 15) is 24.6 Å². The lowest BCUT2D eigenvalue weighted by Crippen LogP contribution is -2.60. The zero-order chi connectivity index (χ0) is 19.1. The fourth-order valence-corrected chi connectivity index (χ4v) is 6.50. The lowest BCUT2D eigenvalue weighted by atomic mass is 9.46. The summed E-state index contributed by atoms with van der Waals surface area (Å²) in [5, 5.41) is 21.0. The van der Waals surface area contributed by atoms with E-state index >= 15 is 0 Å². The highest BCUT2D eigenvalue weighted by molar-refractivity contribution is 6.45. The van der Waals surface area contributed by atoms with Gasteiger partial charge in [0.05, 0.1) is 6.10 Å². The van der Waals surface area contributed by atoms with Crippen LogP contribution in [0.3, 0.4) is 0 Å². The molecule has 3 saturated carbocycles. The van der Waals surface area contributed by atoms with Crippen molar-refractivity contribution in [3.63, 3.8) is 0 Å². The second-order valence-corrected chi connectivity index (χ2v) is 9.06. The molecule has 0 amide bonds. The molecule has 0 aromatic carbocycles. The fraction of sp³-hybridized carbons (Fsp3) is 0.667. The summed E-state index contributed by atoms with van der Waals surface area (Å²) in [5.74, 6) is -1.87. The van der Waals surface area contributed by atoms with Crippen molar-refractivity contribution in [1.29, 1.82) is 0 Å². The summed E-state index contributed by atoms with van der Waals surface area (Å²) in [5.41, 5.74) is -2.26. The van der Waals surface area contributed by atoms with Crippen LogP contribution in [-0.4, -0.2) is 39.3 Å². The molecule has 0 aromatic heterocycles. The Bertz CT molecular complexity index is 779. The molecule has 0 unspecified atom stereocenters. The maximum atomic E-state index is 13.1. The second kappa shape index (κ2) is 5.23. The van der Waals surface area contributed by atoms with Gasteiger partial charge in [-0.1, -0.05) is 26.0 Å². The number of Topliss-reactive ketones (excluding diaryl/α,β-unsaturated/α-hetero) is 3. The maximum Gasteiger partial charge on any atom is 0.225 e. The summed E-state index contributed by atoms with van der Waals surface area (Å²) < 4.78 is 0. The Morgan fingerprint density at radius 2 is 1.81 bits per heavy atom. The molecule has 0 heterocycles. The van der Waals surface area contributed by atoms with Crippen molar-refractivity contribution in [2.75, 3.05) is 0 Å². The van der Waals surface area contributed by atoms with Gasteiger partial charge >= 0.3 is 0 Å². The Balaban J connectivity index is 1.81. The molecule has 4 rings (SSSR count). The van der Waals surface area contributed by atoms with Crippen LogP contribution in [0.1, 0.15) is 46.5 Å². The summed E-state index contributed by atoms with van der Waals surface area (Å²) in [6.07, 6.45) is 6.47. The Morgan fingerprint density at radius 3 is 2.46 bits per heavy atom. The van der Waals surface area contributed by atoms with E-state index in [2.05, 4.69) is 0 Å². The molecule has 0 aliphatic heterocycles. The first-order valence-corrected chi connectivity index (χ1v) is 9.48. The number of ketones is 3. The average molecular weight is 358 g/mol. The molecule has 0 saturated heterocycles. The van der Waals surface area contributed by atoms with Crippen molar-refractivity contribution < 1.29 is 24.6 Å². The Kier molecular flexibility index (Phi) is 3.58. The van der Waals surface area contributed by atoms with E-state index in [-0.39, 0.29) is 17.6 Å². The fourth-order valence-electron chi connectivity index (χ4n) is 6.50. The lowest BCUT2D eigenvalue weighted by molar-refractivity contribution is -0.165. The number of hydrogen-bond donors (Lipinski definition) is 2. The van der Waals surface area contributed by atoms with E-state index < -0.39 is 40.0 Å². The van der Waals surface area contributed by atoms with E-state index in [1.165, 1.54) is 13.0 Å². The molecule has 4 aliphatic carbocycles. The molecule has 26 heavy (non-hydrogen) atoms. The molecule has 3 fully saturated rings. The minimum atomic E-state index is -1.42. The van der Waals surface area contributed by atoms with Crippen LogP contribution in [0, 0.1) is 28.6 Å². The Hall–Kier alpha value is -1.59. The van der Waals surface area contributed by atoms with Gasteiger partial charge in [0.1, 0.15) is 5.60 Å². The number of fused-ring (bicyclic) bond motifs is 5. The van der Waals surface area contributed by atoms with Crippen LogP contribution in [0.2, 0.25) is 0 Å². The molecule has 4 aliphatic rings. The summed E-state index contributed by atoms with van der Waals surface area (Å²) in [6.45, 7) is 5.30. The standard InChI is InChI=1S/C21H26O5/c1-11(22)21(26)9-6-14-16-13(5-8-20(14,21)3)19(2)7-4-12(23)10-15(19)17(24)18(16)25/h4,7,10,12-14,16,23,26H,5-6,8-9H2,1-3H3/t12-,13+,14+,16-,19-,20+,21+/m1/s1. The van der Waals surface area contributed by atoms with Gasteiger partial charge in [-0.25, -0.2) is 0 Å². The van der Waals surface area contributed by atoms with Crippen molar-refractivity contribution in [3.8, 4) is 0 Å². The zero-order valence-electron chi connectivity index (χ0n) is 15.5. The third-order valence-corrected chi connectivity index (χ3v) is 8.10. The van der Waals surface area contributed by atoms with E-state index in [0.29, 0.717) is 31.3 Å². The number of hydrogen-bond acceptors (Lipinski definition) is 5. The van der Waals surface area contributed by atoms with Crippen LogP contribution >= 0.6 is 0 Å². The van der Waals surface area contributed by atoms with Crippen LogP contribution in [0.25, 0.3) is 0 Å². The van der Waals surface area contributed by atoms with Gasteiger partial charge in [0.2, 0.25) is 11.6 Å². The Labute approximate surface area is 153 Å². The van der Waals surface area contributed by atoms with Crippen molar-refractivity contribution >= 4 is 17.3 Å². The summed E-state index contributed by atoms with van der Waals surface area (Å²) >= 11 is 0. The zero-order valence-corrected chi connectivity index (χ0v) is 15.5. The third-order valence-electron chi connectivity index (χ3n) is 8.10. The molecule has 0 spiro atoms. The van der Waals surface area contributed by atoms with E-state index in [1.807, 2.05) is 19.9 Å². The molecule has 5 nitrogen and oxygen atoms in total. The quantitative estimate of drug-likeness (QED) is 0.550. The molecule has 2 N–H and O–H groups in total. The molecule has 7 atom stereocenters. The number of rotatable bonds is 1. The third kappa shape index (κ3) is 1.91. The second-order valence-electron chi connectivity index (χ2n) is 9.06. The molecule has 0 bridgehead atoms. The smallest absolute Gasteiger partial charge is 0.225 e. The van der Waals surface area contributed by atoms with E-state index in [1.54, 1.807) is 6.08 Å². The molecule has 0 aromatic rings. The SMILES string of the molecule is CC(=O)[C@@]1(O)CC[C@H]2[C@@H]3C(=O)C(=O)C4=C[C@H](O)C=C[C@]4(C)[C@H]3CC[C@@]21C. The van der Waals surface area contributed by atoms with Gasteiger partial charge in [-0.3, -0.25) is 14.4 Å². The normalized spacial score (nSPS) is 50.0. The highest BCUT2D eigenvalue weighted by atomic mass is 16.3. The van der Waals surface area contributed by atoms with Crippen LogP contribution in [0.5, 0.6) is 0 Å². The highest BCUT2D eigenvalue weighted by Crippen LogP contribution is 2.65. The largest absolute Gasteiger partial charge is 0.385 e. The number of carbonyl (C=O) groups is 3. The van der Waals surface area contributed by atoms with Crippen molar-refractivity contribution in [3.05, 3.63) is 23.8 Å². The van der Waals surface area contributed by atoms with Gasteiger partial charge in [0.25, 0.3) is 0 Å². The number of aliphatic hydroxyl groups excluding tert-OH is 1. The van der Waals surface area contributed by atoms with Gasteiger partial charge in [-0.05, 0) is 50.5 Å². The van der Waals surface area contributed by atoms with Crippen LogP contribution in [0.4, 0.5) is 0 Å². The average Bonchev–Trinajstić information content (AvgIpc) is 2.87. The molecular formula is C21H26O5. The molecule has 140 valence electrons. The van der Waals surface area contributed by atoms with Crippen molar-refractivity contribution in [2.45, 2.75) is 58.2 Å². The lowest BCUT2D eigenvalue weighted by Gasteiger charge is -2.56. The van der Waals surface area contributed by atoms with Crippen LogP contribution < -0.4 is 0 Å². The molecular weight excluding hydrogens is 332 g/mol. The predicted octanol–water partition coefficient (Wildman–Crippen LogP) is 1.76. The van der Waals surface area contributed by atoms with Crippen molar-refractivity contribution in [2.24, 2.45) is 28.6 Å². The summed E-state index contributed by atoms with van der Waals surface area (Å²) in [7, 11) is 0. The monoisotopic (exact) mass is 358 g/mol. The van der Waals surface area contributed by atoms with Gasteiger partial charge in [-0.15, -0.1) is 0 Å². The van der Waals surface area contributed by atoms with Gasteiger partial charge in [-0.2, -0.15) is 0 Å². The van der Waals surface area contributed by atoms with Crippen LogP contribution in [0.15, 0.2) is 23.8 Å². The topological polar surface area (TPSA) is 91.7 Å². The minimum absolute atomic E-state index is 0.0462. The van der Waals surface area contributed by atoms with Gasteiger partial charge in [0, 0.05) is 22.3 Å². The van der Waals surface area contributed by atoms with Gasteiger partial charge in [0.15, 0.2) is 5.78 Å². The predicted molar refractivity (Wildman–Crippen MR) is 94.0 cm³/mol. The summed E-state index contributed by atoms with van der Waals surface area (Å²) in [4.78, 5) is 38.1. The van der Waals surface area contributed by atoms with Crippen LogP contribution in [-0.2, 0) is 14.4 Å².